The van der Waals surface area contributed by atoms with Crippen molar-refractivity contribution in [1.82, 2.24) is 10.6 Å². The number of carbonyl (C=O) groups excluding carboxylic acids is 3. The third-order valence-electron chi connectivity index (χ3n) is 3.19. The highest BCUT2D eigenvalue weighted by molar-refractivity contribution is 7.80. The highest BCUT2D eigenvalue weighted by Crippen LogP contribution is 2.10. The average molecular weight is 379 g/mol. The van der Waals surface area contributed by atoms with E-state index in [2.05, 4.69) is 16.0 Å². The molecule has 8 heteroatoms. The molecule has 26 heavy (non-hydrogen) atoms. The number of thiocarbonyl (C=S) groups is 1. The van der Waals surface area contributed by atoms with Gasteiger partial charge in [-0.25, -0.2) is 0 Å². The molecule has 1 aromatic carbocycles. The van der Waals surface area contributed by atoms with Crippen LogP contribution in [0.2, 0.25) is 0 Å². The Bertz CT molecular complexity index is 649. The van der Waals surface area contributed by atoms with Gasteiger partial charge in [-0.3, -0.25) is 14.4 Å². The van der Waals surface area contributed by atoms with Crippen molar-refractivity contribution in [3.63, 3.8) is 0 Å². The predicted molar refractivity (Wildman–Crippen MR) is 104 cm³/mol. The van der Waals surface area contributed by atoms with Gasteiger partial charge in [0.15, 0.2) is 5.11 Å². The molecule has 0 atom stereocenters. The molecule has 0 aromatic heterocycles. The van der Waals surface area contributed by atoms with E-state index in [0.717, 1.165) is 12.8 Å². The van der Waals surface area contributed by atoms with Crippen molar-refractivity contribution in [2.24, 2.45) is 0 Å². The van der Waals surface area contributed by atoms with Crippen LogP contribution in [0.3, 0.4) is 0 Å². The Labute approximate surface area is 158 Å². The molecule has 0 heterocycles. The predicted octanol–water partition coefficient (Wildman–Crippen LogP) is 2.37. The van der Waals surface area contributed by atoms with Crippen LogP contribution in [0.25, 0.3) is 0 Å². The van der Waals surface area contributed by atoms with Gasteiger partial charge in [0.25, 0.3) is 5.91 Å². The van der Waals surface area contributed by atoms with Gasteiger partial charge in [-0.15, -0.1) is 0 Å². The third kappa shape index (κ3) is 8.57. The number of esters is 1. The van der Waals surface area contributed by atoms with Gasteiger partial charge in [0, 0.05) is 24.2 Å². The van der Waals surface area contributed by atoms with Gasteiger partial charge in [0.1, 0.15) is 0 Å². The minimum absolute atomic E-state index is 0.00152. The smallest absolute Gasteiger partial charge is 0.306 e. The number of ether oxygens (including phenoxy) is 1. The van der Waals surface area contributed by atoms with Gasteiger partial charge in [-0.05, 0) is 43.3 Å². The lowest BCUT2D eigenvalue weighted by Gasteiger charge is -2.11. The van der Waals surface area contributed by atoms with Crippen LogP contribution in [-0.2, 0) is 14.3 Å². The maximum Gasteiger partial charge on any atom is 0.306 e. The van der Waals surface area contributed by atoms with Gasteiger partial charge in [0.05, 0.1) is 13.0 Å². The minimum atomic E-state index is -0.410. The Balaban J connectivity index is 2.46. The van der Waals surface area contributed by atoms with E-state index < -0.39 is 5.97 Å². The lowest BCUT2D eigenvalue weighted by molar-refractivity contribution is -0.144. The number of anilines is 1. The largest absolute Gasteiger partial charge is 0.466 e. The quantitative estimate of drug-likeness (QED) is 0.450. The number of nitrogens with one attached hydrogen (secondary N) is 3. The van der Waals surface area contributed by atoms with E-state index >= 15 is 0 Å². The zero-order valence-corrected chi connectivity index (χ0v) is 15.9. The van der Waals surface area contributed by atoms with E-state index in [0.29, 0.717) is 24.4 Å². The van der Waals surface area contributed by atoms with Crippen molar-refractivity contribution < 1.29 is 19.1 Å². The van der Waals surface area contributed by atoms with Crippen LogP contribution >= 0.6 is 12.2 Å². The van der Waals surface area contributed by atoms with Gasteiger partial charge in [0.2, 0.25) is 5.91 Å². The summed E-state index contributed by atoms with van der Waals surface area (Å²) < 4.78 is 4.90. The Morgan fingerprint density at radius 3 is 2.58 bits per heavy atom. The van der Waals surface area contributed by atoms with Crippen LogP contribution in [0.15, 0.2) is 24.3 Å². The molecule has 0 spiro atoms. The van der Waals surface area contributed by atoms with Gasteiger partial charge >= 0.3 is 5.97 Å². The zero-order valence-electron chi connectivity index (χ0n) is 15.1. The van der Waals surface area contributed by atoms with Crippen LogP contribution in [0.4, 0.5) is 5.69 Å². The molecule has 0 fully saturated rings. The van der Waals surface area contributed by atoms with Crippen molar-refractivity contribution in [2.75, 3.05) is 18.5 Å². The third-order valence-corrected chi connectivity index (χ3v) is 3.40. The SMILES string of the molecule is CCCNC(=O)c1cccc(NC(=S)NC(=O)CCC(=O)OCCC)c1. The van der Waals surface area contributed by atoms with Crippen molar-refractivity contribution in [1.29, 1.82) is 0 Å². The maximum atomic E-state index is 12.0. The first-order chi connectivity index (χ1) is 12.5. The van der Waals surface area contributed by atoms with E-state index in [9.17, 15) is 14.4 Å². The summed E-state index contributed by atoms with van der Waals surface area (Å²) in [6, 6.07) is 6.79. The van der Waals surface area contributed by atoms with Gasteiger partial charge < -0.3 is 20.7 Å². The fraction of sp³-hybridized carbons (Fsp3) is 0.444. The Kier molecular flexibility index (Phi) is 9.93. The van der Waals surface area contributed by atoms with E-state index in [1.807, 2.05) is 13.8 Å². The number of rotatable bonds is 9. The van der Waals surface area contributed by atoms with Crippen LogP contribution in [0, 0.1) is 0 Å². The molecule has 0 saturated heterocycles. The fourth-order valence-corrected chi connectivity index (χ4v) is 2.17. The number of amides is 2. The molecule has 7 nitrogen and oxygen atoms in total. The molecule has 0 radical (unpaired) electrons. The standard InChI is InChI=1S/C18H25N3O4S/c1-3-10-19-17(24)13-6-5-7-14(12-13)20-18(26)21-15(22)8-9-16(23)25-11-4-2/h5-7,12H,3-4,8-11H2,1-2H3,(H,19,24)(H2,20,21,22,26). The maximum absolute atomic E-state index is 12.0. The molecule has 142 valence electrons. The molecule has 0 aliphatic carbocycles. The van der Waals surface area contributed by atoms with E-state index in [1.165, 1.54) is 0 Å². The minimum Gasteiger partial charge on any atom is -0.466 e. The van der Waals surface area contributed by atoms with Crippen molar-refractivity contribution in [3.05, 3.63) is 29.8 Å². The number of carbonyl (C=O) groups is 3. The summed E-state index contributed by atoms with van der Waals surface area (Å²) in [7, 11) is 0. The second kappa shape index (κ2) is 12.0. The van der Waals surface area contributed by atoms with Crippen molar-refractivity contribution >= 4 is 40.8 Å². The molecular formula is C18H25N3O4S. The molecule has 0 saturated carbocycles. The van der Waals surface area contributed by atoms with Crippen LogP contribution in [0.5, 0.6) is 0 Å². The summed E-state index contributed by atoms with van der Waals surface area (Å²) in [5.74, 6) is -0.962. The first-order valence-corrected chi connectivity index (χ1v) is 9.01. The molecule has 0 unspecified atom stereocenters. The highest BCUT2D eigenvalue weighted by Gasteiger charge is 2.10. The van der Waals surface area contributed by atoms with Crippen LogP contribution < -0.4 is 16.0 Å². The summed E-state index contributed by atoms with van der Waals surface area (Å²) in [6.07, 6.45) is 1.58. The number of hydrogen-bond donors (Lipinski definition) is 3. The average Bonchev–Trinajstić information content (AvgIpc) is 2.62. The Morgan fingerprint density at radius 2 is 1.88 bits per heavy atom. The molecule has 3 N–H and O–H groups in total. The monoisotopic (exact) mass is 379 g/mol. The van der Waals surface area contributed by atoms with Crippen LogP contribution in [-0.4, -0.2) is 36.0 Å². The molecule has 1 aromatic rings. The normalized spacial score (nSPS) is 9.92. The lowest BCUT2D eigenvalue weighted by Crippen LogP contribution is -2.34. The van der Waals surface area contributed by atoms with E-state index in [4.69, 9.17) is 17.0 Å². The number of hydrogen-bond acceptors (Lipinski definition) is 5. The van der Waals surface area contributed by atoms with Crippen LogP contribution in [0.1, 0.15) is 49.9 Å². The highest BCUT2D eigenvalue weighted by atomic mass is 32.1. The van der Waals surface area contributed by atoms with E-state index in [-0.39, 0.29) is 29.8 Å². The Morgan fingerprint density at radius 1 is 1.12 bits per heavy atom. The van der Waals surface area contributed by atoms with Crippen molar-refractivity contribution in [2.45, 2.75) is 39.5 Å². The van der Waals surface area contributed by atoms with Gasteiger partial charge in [-0.2, -0.15) is 0 Å². The summed E-state index contributed by atoms with van der Waals surface area (Å²) in [5.41, 5.74) is 1.08. The van der Waals surface area contributed by atoms with Crippen molar-refractivity contribution in [3.8, 4) is 0 Å². The topological polar surface area (TPSA) is 96.5 Å². The molecule has 0 bridgehead atoms. The lowest BCUT2D eigenvalue weighted by atomic mass is 10.2. The summed E-state index contributed by atoms with van der Waals surface area (Å²) in [6.45, 7) is 4.82. The number of benzene rings is 1. The molecular weight excluding hydrogens is 354 g/mol. The molecule has 0 aliphatic heterocycles. The van der Waals surface area contributed by atoms with E-state index in [1.54, 1.807) is 24.3 Å². The zero-order chi connectivity index (χ0) is 19.4. The first-order valence-electron chi connectivity index (χ1n) is 8.61. The Hall–Kier alpha value is -2.48. The van der Waals surface area contributed by atoms with Gasteiger partial charge in [-0.1, -0.05) is 19.9 Å². The summed E-state index contributed by atoms with van der Waals surface area (Å²) >= 11 is 5.08. The summed E-state index contributed by atoms with van der Waals surface area (Å²) in [5, 5.41) is 8.24. The summed E-state index contributed by atoms with van der Waals surface area (Å²) in [4.78, 5) is 35.1. The molecule has 1 rings (SSSR count). The molecule has 0 aliphatic rings. The second-order valence-electron chi connectivity index (χ2n) is 5.56. The molecule has 2 amide bonds. The first kappa shape index (κ1) is 21.6. The second-order valence-corrected chi connectivity index (χ2v) is 5.97. The fourth-order valence-electron chi connectivity index (χ4n) is 1.93.